The van der Waals surface area contributed by atoms with Gasteiger partial charge in [0.1, 0.15) is 11.6 Å². The van der Waals surface area contributed by atoms with Crippen LogP contribution in [0, 0.1) is 17.6 Å². The second kappa shape index (κ2) is 5.37. The Morgan fingerprint density at radius 1 is 1.31 bits per heavy atom. The number of nitrogens with one attached hydrogen (secondary N) is 1. The summed E-state index contributed by atoms with van der Waals surface area (Å²) in [5.74, 6) is -0.607. The van der Waals surface area contributed by atoms with Gasteiger partial charge in [-0.25, -0.2) is 8.78 Å². The van der Waals surface area contributed by atoms with Crippen molar-refractivity contribution in [3.63, 3.8) is 0 Å². The molecule has 0 radical (unpaired) electrons. The molecule has 4 heteroatoms. The van der Waals surface area contributed by atoms with Crippen LogP contribution in [0.4, 0.5) is 8.78 Å². The Bertz CT molecular complexity index is 331. The fourth-order valence-electron chi connectivity index (χ4n) is 1.85. The molecule has 1 N–H and O–H groups in total. The maximum Gasteiger partial charge on any atom is 0.131 e. The molecule has 0 aromatic heterocycles. The van der Waals surface area contributed by atoms with E-state index in [-0.39, 0.29) is 12.2 Å². The lowest BCUT2D eigenvalue weighted by Crippen LogP contribution is -2.14. The fraction of sp³-hybridized carbons (Fsp3) is 0.500. The Balaban J connectivity index is 1.84. The average molecular weight is 227 g/mol. The summed E-state index contributed by atoms with van der Waals surface area (Å²) in [6, 6.07) is 3.85. The van der Waals surface area contributed by atoms with Crippen molar-refractivity contribution < 1.29 is 13.5 Å². The van der Waals surface area contributed by atoms with Crippen LogP contribution in [-0.4, -0.2) is 19.7 Å². The first-order chi connectivity index (χ1) is 7.77. The molecule has 2 nitrogen and oxygen atoms in total. The first kappa shape index (κ1) is 11.5. The Labute approximate surface area is 93.6 Å². The Morgan fingerprint density at radius 2 is 2.06 bits per heavy atom. The van der Waals surface area contributed by atoms with E-state index >= 15 is 0 Å². The molecule has 1 aliphatic heterocycles. The third kappa shape index (κ3) is 2.77. The predicted molar refractivity (Wildman–Crippen MR) is 57.0 cm³/mol. The summed E-state index contributed by atoms with van der Waals surface area (Å²) in [6.45, 7) is 2.50. The summed E-state index contributed by atoms with van der Waals surface area (Å²) in [5, 5.41) is 3.22. The Hall–Kier alpha value is -1.00. The Kier molecular flexibility index (Phi) is 3.85. The molecule has 0 spiro atoms. The zero-order valence-electron chi connectivity index (χ0n) is 9.01. The molecular weight excluding hydrogens is 212 g/mol. The minimum Gasteiger partial charge on any atom is -0.376 e. The number of hydrogen-bond donors (Lipinski definition) is 1. The van der Waals surface area contributed by atoms with E-state index in [4.69, 9.17) is 4.74 Å². The summed E-state index contributed by atoms with van der Waals surface area (Å²) in [7, 11) is 0. The van der Waals surface area contributed by atoms with E-state index < -0.39 is 11.6 Å². The SMILES string of the molecule is Fc1cccc(F)c1COC[C@H]1CCNC1. The molecule has 1 saturated heterocycles. The van der Waals surface area contributed by atoms with Gasteiger partial charge in [0.15, 0.2) is 0 Å². The van der Waals surface area contributed by atoms with E-state index in [1.54, 1.807) is 0 Å². The smallest absolute Gasteiger partial charge is 0.131 e. The standard InChI is InChI=1S/C12H15F2NO/c13-11-2-1-3-12(14)10(11)8-16-7-9-4-5-15-6-9/h1-3,9,15H,4-8H2/t9-/m0/s1. The van der Waals surface area contributed by atoms with E-state index in [0.29, 0.717) is 12.5 Å². The van der Waals surface area contributed by atoms with Gasteiger partial charge in [-0.15, -0.1) is 0 Å². The first-order valence-corrected chi connectivity index (χ1v) is 5.48. The summed E-state index contributed by atoms with van der Waals surface area (Å²) in [5.41, 5.74) is 0.0217. The topological polar surface area (TPSA) is 21.3 Å². The van der Waals surface area contributed by atoms with Crippen LogP contribution in [0.2, 0.25) is 0 Å². The minimum absolute atomic E-state index is 0.00894. The molecule has 0 aliphatic carbocycles. The van der Waals surface area contributed by atoms with Crippen molar-refractivity contribution in [3.8, 4) is 0 Å². The molecule has 1 aromatic carbocycles. The van der Waals surface area contributed by atoms with E-state index in [1.807, 2.05) is 0 Å². The van der Waals surface area contributed by atoms with Gasteiger partial charge in [-0.05, 0) is 31.0 Å². The maximum absolute atomic E-state index is 13.2. The van der Waals surface area contributed by atoms with Gasteiger partial charge in [-0.2, -0.15) is 0 Å². The van der Waals surface area contributed by atoms with Gasteiger partial charge in [0, 0.05) is 12.1 Å². The van der Waals surface area contributed by atoms with Gasteiger partial charge in [0.25, 0.3) is 0 Å². The second-order valence-electron chi connectivity index (χ2n) is 4.07. The van der Waals surface area contributed by atoms with Crippen LogP contribution < -0.4 is 5.32 Å². The lowest BCUT2D eigenvalue weighted by Gasteiger charge is -2.10. The molecule has 1 aromatic rings. The van der Waals surface area contributed by atoms with E-state index in [9.17, 15) is 8.78 Å². The van der Waals surface area contributed by atoms with Crippen LogP contribution in [0.5, 0.6) is 0 Å². The lowest BCUT2D eigenvalue weighted by molar-refractivity contribution is 0.0884. The zero-order chi connectivity index (χ0) is 11.4. The molecule has 0 unspecified atom stereocenters. The van der Waals surface area contributed by atoms with Crippen LogP contribution >= 0.6 is 0 Å². The second-order valence-corrected chi connectivity index (χ2v) is 4.07. The highest BCUT2D eigenvalue weighted by atomic mass is 19.1. The van der Waals surface area contributed by atoms with E-state index in [0.717, 1.165) is 19.5 Å². The molecule has 0 bridgehead atoms. The van der Waals surface area contributed by atoms with Gasteiger partial charge in [-0.3, -0.25) is 0 Å². The van der Waals surface area contributed by atoms with Crippen molar-refractivity contribution in [2.24, 2.45) is 5.92 Å². The number of rotatable bonds is 4. The summed E-state index contributed by atoms with van der Waals surface area (Å²) in [6.07, 6.45) is 1.07. The Morgan fingerprint density at radius 3 is 2.69 bits per heavy atom. The molecule has 16 heavy (non-hydrogen) atoms. The molecule has 2 rings (SSSR count). The molecule has 1 heterocycles. The quantitative estimate of drug-likeness (QED) is 0.850. The van der Waals surface area contributed by atoms with Crippen molar-refractivity contribution in [2.75, 3.05) is 19.7 Å². The molecule has 1 fully saturated rings. The van der Waals surface area contributed by atoms with E-state index in [1.165, 1.54) is 18.2 Å². The average Bonchev–Trinajstić information content (AvgIpc) is 2.75. The normalized spacial score (nSPS) is 20.2. The monoisotopic (exact) mass is 227 g/mol. The minimum atomic E-state index is -0.537. The van der Waals surface area contributed by atoms with Gasteiger partial charge < -0.3 is 10.1 Å². The number of ether oxygens (including phenoxy) is 1. The summed E-state index contributed by atoms with van der Waals surface area (Å²) in [4.78, 5) is 0. The van der Waals surface area contributed by atoms with Crippen molar-refractivity contribution >= 4 is 0 Å². The largest absolute Gasteiger partial charge is 0.376 e. The zero-order valence-corrected chi connectivity index (χ0v) is 9.01. The third-order valence-corrected chi connectivity index (χ3v) is 2.82. The predicted octanol–water partition coefficient (Wildman–Crippen LogP) is 2.09. The van der Waals surface area contributed by atoms with Crippen molar-refractivity contribution in [3.05, 3.63) is 35.4 Å². The molecular formula is C12H15F2NO. The van der Waals surface area contributed by atoms with Gasteiger partial charge in [-0.1, -0.05) is 6.07 Å². The summed E-state index contributed by atoms with van der Waals surface area (Å²) >= 11 is 0. The number of benzene rings is 1. The van der Waals surface area contributed by atoms with Crippen LogP contribution in [0.25, 0.3) is 0 Å². The van der Waals surface area contributed by atoms with Crippen molar-refractivity contribution in [1.29, 1.82) is 0 Å². The van der Waals surface area contributed by atoms with Gasteiger partial charge >= 0.3 is 0 Å². The van der Waals surface area contributed by atoms with Crippen molar-refractivity contribution in [1.82, 2.24) is 5.32 Å². The highest BCUT2D eigenvalue weighted by molar-refractivity contribution is 5.18. The lowest BCUT2D eigenvalue weighted by atomic mass is 10.1. The van der Waals surface area contributed by atoms with Crippen LogP contribution in [0.3, 0.4) is 0 Å². The number of halogens is 2. The molecule has 1 aliphatic rings. The highest BCUT2D eigenvalue weighted by Gasteiger charge is 2.15. The van der Waals surface area contributed by atoms with Crippen LogP contribution in [-0.2, 0) is 11.3 Å². The molecule has 0 amide bonds. The highest BCUT2D eigenvalue weighted by Crippen LogP contribution is 2.14. The maximum atomic E-state index is 13.2. The number of hydrogen-bond acceptors (Lipinski definition) is 2. The van der Waals surface area contributed by atoms with E-state index in [2.05, 4.69) is 5.32 Å². The molecule has 0 saturated carbocycles. The summed E-state index contributed by atoms with van der Waals surface area (Å²) < 4.78 is 31.8. The van der Waals surface area contributed by atoms with Crippen LogP contribution in [0.1, 0.15) is 12.0 Å². The third-order valence-electron chi connectivity index (χ3n) is 2.82. The van der Waals surface area contributed by atoms with Gasteiger partial charge in [0.05, 0.1) is 13.2 Å². The molecule has 88 valence electrons. The fourth-order valence-corrected chi connectivity index (χ4v) is 1.85. The van der Waals surface area contributed by atoms with Crippen molar-refractivity contribution in [2.45, 2.75) is 13.0 Å². The van der Waals surface area contributed by atoms with Crippen LogP contribution in [0.15, 0.2) is 18.2 Å². The molecule has 1 atom stereocenters. The first-order valence-electron chi connectivity index (χ1n) is 5.48. The van der Waals surface area contributed by atoms with Gasteiger partial charge in [0.2, 0.25) is 0 Å².